The fraction of sp³-hybridized carbons (Fsp3) is 0.333. The predicted molar refractivity (Wildman–Crippen MR) is 109 cm³/mol. The minimum atomic E-state index is 0.0680. The summed E-state index contributed by atoms with van der Waals surface area (Å²) in [5, 5.41) is 9.65. The van der Waals surface area contributed by atoms with Crippen LogP contribution in [0.1, 0.15) is 17.5 Å². The van der Waals surface area contributed by atoms with Crippen LogP contribution in [0.4, 0.5) is 0 Å². The second-order valence-electron chi connectivity index (χ2n) is 7.87. The van der Waals surface area contributed by atoms with Gasteiger partial charge >= 0.3 is 0 Å². The summed E-state index contributed by atoms with van der Waals surface area (Å²) < 4.78 is 12.0. The van der Waals surface area contributed by atoms with Gasteiger partial charge in [0.1, 0.15) is 18.5 Å². The molecule has 1 unspecified atom stereocenters. The van der Waals surface area contributed by atoms with Gasteiger partial charge in [-0.1, -0.05) is 36.4 Å². The van der Waals surface area contributed by atoms with E-state index in [4.69, 9.17) is 9.47 Å². The van der Waals surface area contributed by atoms with Crippen LogP contribution >= 0.6 is 0 Å². The van der Waals surface area contributed by atoms with Crippen molar-refractivity contribution in [2.45, 2.75) is 25.5 Å². The summed E-state index contributed by atoms with van der Waals surface area (Å²) in [7, 11) is 0. The number of nitrogens with zero attached hydrogens (tertiary/aromatic N) is 1. The Morgan fingerprint density at radius 2 is 1.96 bits per heavy atom. The van der Waals surface area contributed by atoms with Gasteiger partial charge in [0.2, 0.25) is 0 Å². The average Bonchev–Trinajstić information content (AvgIpc) is 2.74. The van der Waals surface area contributed by atoms with E-state index < -0.39 is 0 Å². The number of rotatable bonds is 3. The minimum Gasteiger partial charge on any atom is -0.508 e. The smallest absolute Gasteiger partial charge is 0.161 e. The van der Waals surface area contributed by atoms with Crippen LogP contribution < -0.4 is 9.47 Å². The quantitative estimate of drug-likeness (QED) is 0.877. The van der Waals surface area contributed by atoms with Crippen molar-refractivity contribution in [2.75, 3.05) is 19.7 Å². The summed E-state index contributed by atoms with van der Waals surface area (Å²) in [4.78, 5) is 2.48. The molecule has 2 aliphatic heterocycles. The number of hydrogen-bond acceptors (Lipinski definition) is 4. The van der Waals surface area contributed by atoms with Crippen LogP contribution in [0.2, 0.25) is 0 Å². The molecule has 0 spiro atoms. The van der Waals surface area contributed by atoms with Gasteiger partial charge < -0.3 is 14.6 Å². The number of phenols is 1. The Labute approximate surface area is 165 Å². The van der Waals surface area contributed by atoms with Gasteiger partial charge in [0.05, 0.1) is 0 Å². The average molecular weight is 375 g/mol. The number of ether oxygens (including phenoxy) is 2. The Morgan fingerprint density at radius 3 is 2.82 bits per heavy atom. The predicted octanol–water partition coefficient (Wildman–Crippen LogP) is 4.09. The Hall–Kier alpha value is -2.72. The fourth-order valence-electron chi connectivity index (χ4n) is 4.31. The molecule has 1 N–H and O–H groups in total. The molecule has 2 aromatic rings. The molecule has 0 radical (unpaired) electrons. The molecule has 144 valence electrons. The van der Waals surface area contributed by atoms with Crippen molar-refractivity contribution in [1.29, 1.82) is 0 Å². The summed E-state index contributed by atoms with van der Waals surface area (Å²) in [6, 6.07) is 13.6. The standard InChI is InChI=1S/C24H25NO3/c26-21-10-9-20-15-25(12-11-19(20)13-21)14-17-5-7-18(8-6-17)24-16-27-22-3-1-2-4-23(22)28-24/h1-7,9-10,13,18,24,26H,8,11-12,14-16H2/t18?,24-/m1/s1. The SMILES string of the molecule is Oc1ccc2c(c1)CCN(CC1=CCC([C@H]3COc4ccccc4O3)C=C1)C2. The first kappa shape index (κ1) is 17.4. The zero-order chi connectivity index (χ0) is 18.9. The molecule has 0 bridgehead atoms. The molecule has 4 nitrogen and oxygen atoms in total. The zero-order valence-electron chi connectivity index (χ0n) is 15.9. The molecule has 2 aromatic carbocycles. The Morgan fingerprint density at radius 1 is 1.07 bits per heavy atom. The summed E-state index contributed by atoms with van der Waals surface area (Å²) in [5.74, 6) is 2.41. The number of allylic oxidation sites excluding steroid dienone is 1. The first-order chi connectivity index (χ1) is 13.7. The number of benzene rings is 2. The van der Waals surface area contributed by atoms with Gasteiger partial charge in [0.25, 0.3) is 0 Å². The Kier molecular flexibility index (Phi) is 4.57. The van der Waals surface area contributed by atoms with Gasteiger partial charge in [0.15, 0.2) is 11.5 Å². The van der Waals surface area contributed by atoms with Gasteiger partial charge in [-0.15, -0.1) is 0 Å². The molecule has 4 heteroatoms. The van der Waals surface area contributed by atoms with Gasteiger partial charge in [-0.3, -0.25) is 4.90 Å². The largest absolute Gasteiger partial charge is 0.508 e. The molecule has 0 saturated carbocycles. The third kappa shape index (κ3) is 3.52. The Balaban J connectivity index is 1.18. The summed E-state index contributed by atoms with van der Waals surface area (Å²) >= 11 is 0. The second kappa shape index (κ2) is 7.36. The van der Waals surface area contributed by atoms with Crippen LogP contribution in [0.5, 0.6) is 17.2 Å². The number of aromatic hydroxyl groups is 1. The van der Waals surface area contributed by atoms with E-state index in [1.54, 1.807) is 6.07 Å². The molecule has 2 atom stereocenters. The molecule has 28 heavy (non-hydrogen) atoms. The van der Waals surface area contributed by atoms with Crippen molar-refractivity contribution >= 4 is 0 Å². The van der Waals surface area contributed by atoms with Crippen molar-refractivity contribution in [3.63, 3.8) is 0 Å². The lowest BCUT2D eigenvalue weighted by atomic mass is 9.91. The maximum Gasteiger partial charge on any atom is 0.161 e. The van der Waals surface area contributed by atoms with E-state index >= 15 is 0 Å². The molecule has 0 amide bonds. The zero-order valence-corrected chi connectivity index (χ0v) is 15.9. The summed E-state index contributed by atoms with van der Waals surface area (Å²) in [6.45, 7) is 3.54. The summed E-state index contributed by atoms with van der Waals surface area (Å²) in [6.07, 6.45) is 8.94. The fourth-order valence-corrected chi connectivity index (χ4v) is 4.31. The normalized spacial score (nSPS) is 23.8. The highest BCUT2D eigenvalue weighted by atomic mass is 16.6. The van der Waals surface area contributed by atoms with Crippen LogP contribution in [0, 0.1) is 5.92 Å². The highest BCUT2D eigenvalue weighted by Crippen LogP contribution is 2.34. The molecular formula is C24H25NO3. The lowest BCUT2D eigenvalue weighted by molar-refractivity contribution is 0.0623. The first-order valence-corrected chi connectivity index (χ1v) is 10.0. The molecule has 0 fully saturated rings. The maximum atomic E-state index is 9.65. The van der Waals surface area contributed by atoms with Crippen molar-refractivity contribution in [3.8, 4) is 17.2 Å². The van der Waals surface area contributed by atoms with Gasteiger partial charge in [-0.25, -0.2) is 0 Å². The van der Waals surface area contributed by atoms with Crippen molar-refractivity contribution in [1.82, 2.24) is 4.90 Å². The van der Waals surface area contributed by atoms with Crippen molar-refractivity contribution < 1.29 is 14.6 Å². The topological polar surface area (TPSA) is 41.9 Å². The number of para-hydroxylation sites is 2. The third-order valence-electron chi connectivity index (χ3n) is 5.91. The van der Waals surface area contributed by atoms with Crippen LogP contribution in [-0.4, -0.2) is 35.8 Å². The summed E-state index contributed by atoms with van der Waals surface area (Å²) in [5.41, 5.74) is 3.98. The molecule has 2 heterocycles. The first-order valence-electron chi connectivity index (χ1n) is 10.0. The lowest BCUT2D eigenvalue weighted by Crippen LogP contribution is -2.36. The van der Waals surface area contributed by atoms with E-state index in [2.05, 4.69) is 29.2 Å². The number of fused-ring (bicyclic) bond motifs is 2. The van der Waals surface area contributed by atoms with E-state index in [0.29, 0.717) is 18.3 Å². The van der Waals surface area contributed by atoms with E-state index in [1.807, 2.05) is 30.3 Å². The van der Waals surface area contributed by atoms with Gasteiger partial charge in [-0.05, 0) is 53.8 Å². The second-order valence-corrected chi connectivity index (χ2v) is 7.87. The molecule has 3 aliphatic rings. The van der Waals surface area contributed by atoms with Crippen LogP contribution in [0.15, 0.2) is 66.3 Å². The van der Waals surface area contributed by atoms with E-state index in [-0.39, 0.29) is 6.10 Å². The van der Waals surface area contributed by atoms with Gasteiger partial charge in [-0.2, -0.15) is 0 Å². The minimum absolute atomic E-state index is 0.0680. The highest BCUT2D eigenvalue weighted by molar-refractivity contribution is 5.41. The monoisotopic (exact) mass is 375 g/mol. The van der Waals surface area contributed by atoms with E-state index in [0.717, 1.165) is 44.0 Å². The molecule has 1 aliphatic carbocycles. The van der Waals surface area contributed by atoms with Crippen molar-refractivity contribution in [2.24, 2.45) is 5.92 Å². The van der Waals surface area contributed by atoms with Gasteiger partial charge in [0, 0.05) is 25.6 Å². The highest BCUT2D eigenvalue weighted by Gasteiger charge is 2.28. The lowest BCUT2D eigenvalue weighted by Gasteiger charge is -2.33. The van der Waals surface area contributed by atoms with Crippen LogP contribution in [0.25, 0.3) is 0 Å². The number of hydrogen-bond donors (Lipinski definition) is 1. The molecule has 5 rings (SSSR count). The van der Waals surface area contributed by atoms with E-state index in [9.17, 15) is 5.11 Å². The maximum absolute atomic E-state index is 9.65. The van der Waals surface area contributed by atoms with Crippen LogP contribution in [-0.2, 0) is 13.0 Å². The molecule has 0 saturated heterocycles. The Bertz CT molecular complexity index is 933. The molecule has 0 aromatic heterocycles. The third-order valence-corrected chi connectivity index (χ3v) is 5.91. The van der Waals surface area contributed by atoms with Crippen LogP contribution in [0.3, 0.4) is 0 Å². The van der Waals surface area contributed by atoms with E-state index in [1.165, 1.54) is 16.7 Å². The van der Waals surface area contributed by atoms with Crippen molar-refractivity contribution in [3.05, 3.63) is 77.4 Å². The molecular weight excluding hydrogens is 350 g/mol. The number of phenolic OH excluding ortho intramolecular Hbond substituents is 1.